The van der Waals surface area contributed by atoms with Crippen LogP contribution in [0.3, 0.4) is 0 Å². The van der Waals surface area contributed by atoms with Gasteiger partial charge in [0.05, 0.1) is 18.3 Å². The van der Waals surface area contributed by atoms with E-state index in [0.717, 1.165) is 29.8 Å². The Morgan fingerprint density at radius 1 is 1.03 bits per heavy atom. The van der Waals surface area contributed by atoms with Gasteiger partial charge in [-0.3, -0.25) is 0 Å². The molecule has 1 aliphatic carbocycles. The summed E-state index contributed by atoms with van der Waals surface area (Å²) >= 11 is 8.12. The van der Waals surface area contributed by atoms with E-state index in [0.29, 0.717) is 17.3 Å². The molecular weight excluding hydrogens is 488 g/mol. The Bertz CT molecular complexity index is 1420. The maximum atomic E-state index is 14.0. The second-order valence-corrected chi connectivity index (χ2v) is 11.3. The molecule has 0 fully saturated rings. The Kier molecular flexibility index (Phi) is 6.02. The van der Waals surface area contributed by atoms with E-state index in [9.17, 15) is 4.79 Å². The first-order valence-electron chi connectivity index (χ1n) is 12.4. The summed E-state index contributed by atoms with van der Waals surface area (Å²) in [5.41, 5.74) is 6.76. The standard InChI is InChI=1S/C29H29ClN4OS/c1-32(2)22-14-12-19(13-15-22)27-25-10-6-16-33(25)28-24(23-9-3-4-11-26(23)36-28)18-34(27)29(35)31-21-8-5-7-20(30)17-21/h5-8,10,12-17,27H,3-4,9,11,18H2,1-2H3,(H,31,35). The third kappa shape index (κ3) is 4.08. The fraction of sp³-hybridized carbons (Fsp3) is 0.276. The van der Waals surface area contributed by atoms with Gasteiger partial charge in [-0.2, -0.15) is 0 Å². The van der Waals surface area contributed by atoms with Crippen LogP contribution in [-0.2, 0) is 19.4 Å². The quantitative estimate of drug-likeness (QED) is 0.311. The topological polar surface area (TPSA) is 40.5 Å². The molecule has 7 heteroatoms. The average molecular weight is 517 g/mol. The third-order valence-electron chi connectivity index (χ3n) is 7.24. The van der Waals surface area contributed by atoms with Crippen LogP contribution in [0.4, 0.5) is 16.2 Å². The van der Waals surface area contributed by atoms with Crippen molar-refractivity contribution in [1.29, 1.82) is 0 Å². The number of carbonyl (C=O) groups is 1. The summed E-state index contributed by atoms with van der Waals surface area (Å²) in [4.78, 5) is 19.5. The van der Waals surface area contributed by atoms with Crippen LogP contribution >= 0.6 is 22.9 Å². The number of nitrogens with one attached hydrogen (secondary N) is 1. The van der Waals surface area contributed by atoms with E-state index in [1.807, 2.05) is 48.5 Å². The van der Waals surface area contributed by atoms with E-state index in [1.54, 1.807) is 6.07 Å². The Labute approximate surface area is 220 Å². The number of rotatable bonds is 3. The molecule has 5 nitrogen and oxygen atoms in total. The summed E-state index contributed by atoms with van der Waals surface area (Å²) in [6.45, 7) is 0.565. The summed E-state index contributed by atoms with van der Waals surface area (Å²) in [7, 11) is 4.08. The number of nitrogens with zero attached hydrogens (tertiary/aromatic N) is 3. The molecule has 1 atom stereocenters. The smallest absolute Gasteiger partial charge is 0.322 e. The molecule has 4 aromatic rings. The molecule has 2 aliphatic rings. The second-order valence-electron chi connectivity index (χ2n) is 9.75. The zero-order chi connectivity index (χ0) is 24.8. The number of amides is 2. The van der Waals surface area contributed by atoms with Crippen molar-refractivity contribution < 1.29 is 4.79 Å². The predicted molar refractivity (Wildman–Crippen MR) is 149 cm³/mol. The highest BCUT2D eigenvalue weighted by atomic mass is 35.5. The minimum absolute atomic E-state index is 0.129. The maximum Gasteiger partial charge on any atom is 0.322 e. The highest BCUT2D eigenvalue weighted by Crippen LogP contribution is 2.44. The number of aromatic nitrogens is 1. The molecule has 0 bridgehead atoms. The van der Waals surface area contributed by atoms with Crippen LogP contribution in [-0.4, -0.2) is 29.6 Å². The van der Waals surface area contributed by atoms with Crippen molar-refractivity contribution in [3.63, 3.8) is 0 Å². The Hall–Kier alpha value is -3.22. The van der Waals surface area contributed by atoms with Crippen LogP contribution in [0.1, 0.15) is 46.1 Å². The van der Waals surface area contributed by atoms with Gasteiger partial charge in [0, 0.05) is 47.1 Å². The lowest BCUT2D eigenvalue weighted by atomic mass is 9.95. The largest absolute Gasteiger partial charge is 0.378 e. The van der Waals surface area contributed by atoms with Crippen LogP contribution in [0.2, 0.25) is 5.02 Å². The number of thiophene rings is 1. The normalized spacial score (nSPS) is 16.5. The van der Waals surface area contributed by atoms with Gasteiger partial charge in [-0.05, 0) is 79.3 Å². The molecule has 0 saturated carbocycles. The molecule has 2 aromatic carbocycles. The Morgan fingerprint density at radius 3 is 2.61 bits per heavy atom. The van der Waals surface area contributed by atoms with E-state index >= 15 is 0 Å². The summed E-state index contributed by atoms with van der Waals surface area (Å²) in [5.74, 6) is 0. The van der Waals surface area contributed by atoms with Gasteiger partial charge in [0.1, 0.15) is 5.00 Å². The lowest BCUT2D eigenvalue weighted by Crippen LogP contribution is -2.38. The molecule has 1 unspecified atom stereocenters. The molecule has 3 heterocycles. The molecule has 1 aliphatic heterocycles. The molecule has 0 saturated heterocycles. The van der Waals surface area contributed by atoms with Crippen LogP contribution < -0.4 is 10.2 Å². The van der Waals surface area contributed by atoms with Crippen molar-refractivity contribution in [1.82, 2.24) is 9.47 Å². The van der Waals surface area contributed by atoms with Crippen molar-refractivity contribution in [2.24, 2.45) is 0 Å². The first-order chi connectivity index (χ1) is 17.5. The first-order valence-corrected chi connectivity index (χ1v) is 13.6. The zero-order valence-electron chi connectivity index (χ0n) is 20.5. The molecule has 0 radical (unpaired) electrons. The van der Waals surface area contributed by atoms with Crippen LogP contribution in [0.25, 0.3) is 5.00 Å². The number of carbonyl (C=O) groups excluding carboxylic acids is 1. The number of hydrogen-bond donors (Lipinski definition) is 1. The number of anilines is 2. The van der Waals surface area contributed by atoms with Crippen molar-refractivity contribution in [2.75, 3.05) is 24.3 Å². The SMILES string of the molecule is CN(C)c1ccc(C2c3cccn3-c3sc4c(c3CN2C(=O)Nc2cccc(Cl)c2)CCCC4)cc1. The molecular formula is C29H29ClN4OS. The van der Waals surface area contributed by atoms with Gasteiger partial charge in [-0.1, -0.05) is 29.8 Å². The molecule has 0 spiro atoms. The average Bonchev–Trinajstić information content (AvgIpc) is 3.46. The van der Waals surface area contributed by atoms with Gasteiger partial charge in [-0.25, -0.2) is 4.79 Å². The van der Waals surface area contributed by atoms with Crippen LogP contribution in [0.15, 0.2) is 66.9 Å². The summed E-state index contributed by atoms with van der Waals surface area (Å²) in [6, 6.07) is 19.8. The Morgan fingerprint density at radius 2 is 1.83 bits per heavy atom. The van der Waals surface area contributed by atoms with E-state index in [4.69, 9.17) is 11.6 Å². The summed E-state index contributed by atoms with van der Waals surface area (Å²) in [5, 5.41) is 4.98. The van der Waals surface area contributed by atoms with Gasteiger partial charge in [0.25, 0.3) is 0 Å². The molecule has 2 amide bonds. The lowest BCUT2D eigenvalue weighted by molar-refractivity contribution is 0.194. The fourth-order valence-corrected chi connectivity index (χ4v) is 7.05. The van der Waals surface area contributed by atoms with Crippen molar-refractivity contribution in [2.45, 2.75) is 38.3 Å². The molecule has 184 valence electrons. The van der Waals surface area contributed by atoms with Crippen molar-refractivity contribution >= 4 is 40.3 Å². The third-order valence-corrected chi connectivity index (χ3v) is 8.81. The number of benzene rings is 2. The number of aryl methyl sites for hydroxylation is 1. The molecule has 6 rings (SSSR count). The Balaban J connectivity index is 1.48. The molecule has 2 aromatic heterocycles. The number of urea groups is 1. The van der Waals surface area contributed by atoms with Gasteiger partial charge in [0.15, 0.2) is 0 Å². The highest BCUT2D eigenvalue weighted by molar-refractivity contribution is 7.15. The van der Waals surface area contributed by atoms with Gasteiger partial charge < -0.3 is 19.7 Å². The zero-order valence-corrected chi connectivity index (χ0v) is 22.1. The van der Waals surface area contributed by atoms with Gasteiger partial charge in [-0.15, -0.1) is 11.3 Å². The summed E-state index contributed by atoms with van der Waals surface area (Å²) in [6.07, 6.45) is 6.82. The second kappa shape index (κ2) is 9.34. The van der Waals surface area contributed by atoms with Gasteiger partial charge in [0.2, 0.25) is 0 Å². The van der Waals surface area contributed by atoms with Crippen LogP contribution in [0, 0.1) is 0 Å². The lowest BCUT2D eigenvalue weighted by Gasteiger charge is -2.31. The van der Waals surface area contributed by atoms with E-state index in [-0.39, 0.29) is 12.1 Å². The monoisotopic (exact) mass is 516 g/mol. The molecule has 36 heavy (non-hydrogen) atoms. The fourth-order valence-electron chi connectivity index (χ4n) is 5.45. The van der Waals surface area contributed by atoms with Crippen molar-refractivity contribution in [3.05, 3.63) is 99.1 Å². The highest BCUT2D eigenvalue weighted by Gasteiger charge is 2.36. The minimum Gasteiger partial charge on any atom is -0.378 e. The van der Waals surface area contributed by atoms with E-state index < -0.39 is 0 Å². The minimum atomic E-state index is -0.228. The number of halogens is 1. The molecule has 1 N–H and O–H groups in total. The summed E-state index contributed by atoms with van der Waals surface area (Å²) < 4.78 is 2.31. The predicted octanol–water partition coefficient (Wildman–Crippen LogP) is 7.27. The van der Waals surface area contributed by atoms with E-state index in [2.05, 4.69) is 57.4 Å². The maximum absolute atomic E-state index is 14.0. The number of hydrogen-bond acceptors (Lipinski definition) is 3. The van der Waals surface area contributed by atoms with Gasteiger partial charge >= 0.3 is 6.03 Å². The van der Waals surface area contributed by atoms with E-state index in [1.165, 1.54) is 33.8 Å². The first kappa shape index (κ1) is 23.2. The number of fused-ring (bicyclic) bond motifs is 5. The van der Waals surface area contributed by atoms with Crippen LogP contribution in [0.5, 0.6) is 0 Å². The van der Waals surface area contributed by atoms with Crippen molar-refractivity contribution in [3.8, 4) is 5.00 Å².